The Kier molecular flexibility index (Phi) is 3.41. The van der Waals surface area contributed by atoms with Crippen LogP contribution >= 0.6 is 0 Å². The number of carbonyl (C=O) groups is 1. The van der Waals surface area contributed by atoms with Crippen LogP contribution in [0, 0.1) is 6.92 Å². The summed E-state index contributed by atoms with van der Waals surface area (Å²) in [5.74, 6) is -0.320. The number of anilines is 3. The molecule has 6 heteroatoms. The number of aryl methyl sites for hydroxylation is 1. The second kappa shape index (κ2) is 5.01. The quantitative estimate of drug-likeness (QED) is 0.781. The van der Waals surface area contributed by atoms with Gasteiger partial charge < -0.3 is 16.0 Å². The van der Waals surface area contributed by atoms with Crippen LogP contribution in [0.3, 0.4) is 0 Å². The number of H-pyrrole nitrogens is 1. The molecule has 0 aliphatic rings. The molecule has 2 rings (SSSR count). The molecular formula is C13H17N5O. The van der Waals surface area contributed by atoms with Crippen molar-refractivity contribution < 1.29 is 4.79 Å². The van der Waals surface area contributed by atoms with E-state index in [0.717, 1.165) is 5.69 Å². The van der Waals surface area contributed by atoms with Crippen LogP contribution in [-0.4, -0.2) is 30.2 Å². The van der Waals surface area contributed by atoms with Gasteiger partial charge in [-0.15, -0.1) is 0 Å². The van der Waals surface area contributed by atoms with E-state index in [4.69, 9.17) is 5.73 Å². The van der Waals surface area contributed by atoms with Crippen LogP contribution in [-0.2, 0) is 0 Å². The SMILES string of the molecule is Cc1[nH]nc(C(=O)Nc2ccc(N(C)C)cc2)c1N. The first kappa shape index (κ1) is 12.9. The summed E-state index contributed by atoms with van der Waals surface area (Å²) in [5.41, 5.74) is 8.81. The molecule has 0 radical (unpaired) electrons. The van der Waals surface area contributed by atoms with Crippen molar-refractivity contribution in [3.05, 3.63) is 35.7 Å². The highest BCUT2D eigenvalue weighted by atomic mass is 16.2. The maximum absolute atomic E-state index is 12.0. The highest BCUT2D eigenvalue weighted by Crippen LogP contribution is 2.18. The van der Waals surface area contributed by atoms with Crippen LogP contribution < -0.4 is 16.0 Å². The number of nitrogens with zero attached hydrogens (tertiary/aromatic N) is 2. The van der Waals surface area contributed by atoms with Crippen LogP contribution in [0.2, 0.25) is 0 Å². The summed E-state index contributed by atoms with van der Waals surface area (Å²) in [5, 5.41) is 9.33. The zero-order valence-electron chi connectivity index (χ0n) is 11.2. The van der Waals surface area contributed by atoms with Gasteiger partial charge in [0, 0.05) is 25.5 Å². The van der Waals surface area contributed by atoms with Crippen molar-refractivity contribution in [1.29, 1.82) is 0 Å². The van der Waals surface area contributed by atoms with E-state index < -0.39 is 0 Å². The second-order valence-electron chi connectivity index (χ2n) is 4.51. The average molecular weight is 259 g/mol. The van der Waals surface area contributed by atoms with Gasteiger partial charge in [-0.05, 0) is 31.2 Å². The fourth-order valence-corrected chi connectivity index (χ4v) is 1.64. The van der Waals surface area contributed by atoms with Crippen molar-refractivity contribution in [3.63, 3.8) is 0 Å². The summed E-state index contributed by atoms with van der Waals surface area (Å²) in [6, 6.07) is 7.52. The van der Waals surface area contributed by atoms with Gasteiger partial charge in [0.05, 0.1) is 11.4 Å². The maximum atomic E-state index is 12.0. The molecule has 19 heavy (non-hydrogen) atoms. The number of benzene rings is 1. The molecule has 2 aromatic rings. The smallest absolute Gasteiger partial charge is 0.278 e. The molecule has 100 valence electrons. The molecule has 1 aromatic carbocycles. The monoisotopic (exact) mass is 259 g/mol. The van der Waals surface area contributed by atoms with Gasteiger partial charge in [-0.1, -0.05) is 0 Å². The van der Waals surface area contributed by atoms with Gasteiger partial charge in [0.1, 0.15) is 0 Å². The third-order valence-electron chi connectivity index (χ3n) is 2.85. The van der Waals surface area contributed by atoms with Crippen molar-refractivity contribution in [2.75, 3.05) is 30.0 Å². The van der Waals surface area contributed by atoms with Crippen molar-refractivity contribution in [2.24, 2.45) is 0 Å². The van der Waals surface area contributed by atoms with E-state index in [9.17, 15) is 4.79 Å². The molecule has 0 unspecified atom stereocenters. The van der Waals surface area contributed by atoms with Gasteiger partial charge in [-0.25, -0.2) is 0 Å². The summed E-state index contributed by atoms with van der Waals surface area (Å²) in [6.45, 7) is 1.77. The van der Waals surface area contributed by atoms with Crippen LogP contribution in [0.4, 0.5) is 17.1 Å². The molecule has 4 N–H and O–H groups in total. The van der Waals surface area contributed by atoms with E-state index in [1.165, 1.54) is 0 Å². The van der Waals surface area contributed by atoms with Crippen LogP contribution in [0.25, 0.3) is 0 Å². The molecule has 0 aliphatic heterocycles. The largest absolute Gasteiger partial charge is 0.395 e. The highest BCUT2D eigenvalue weighted by molar-refractivity contribution is 6.06. The van der Waals surface area contributed by atoms with Crippen molar-refractivity contribution in [3.8, 4) is 0 Å². The Morgan fingerprint density at radius 1 is 1.32 bits per heavy atom. The third kappa shape index (κ3) is 2.67. The molecule has 0 aliphatic carbocycles. The number of hydrogen-bond acceptors (Lipinski definition) is 4. The van der Waals surface area contributed by atoms with Crippen molar-refractivity contribution >= 4 is 23.0 Å². The van der Waals surface area contributed by atoms with E-state index in [1.807, 2.05) is 43.3 Å². The van der Waals surface area contributed by atoms with Gasteiger partial charge in [0.25, 0.3) is 5.91 Å². The lowest BCUT2D eigenvalue weighted by Crippen LogP contribution is -2.14. The normalized spacial score (nSPS) is 10.3. The molecule has 0 fully saturated rings. The molecule has 1 aromatic heterocycles. The van der Waals surface area contributed by atoms with E-state index in [0.29, 0.717) is 17.1 Å². The summed E-state index contributed by atoms with van der Waals surface area (Å²) in [4.78, 5) is 14.0. The van der Waals surface area contributed by atoms with Gasteiger partial charge in [-0.3, -0.25) is 9.89 Å². The summed E-state index contributed by atoms with van der Waals surface area (Å²) < 4.78 is 0. The molecule has 0 atom stereocenters. The van der Waals surface area contributed by atoms with Crippen molar-refractivity contribution in [2.45, 2.75) is 6.92 Å². The Labute approximate surface area is 111 Å². The first-order valence-corrected chi connectivity index (χ1v) is 5.88. The maximum Gasteiger partial charge on any atom is 0.278 e. The minimum atomic E-state index is -0.320. The molecular weight excluding hydrogens is 242 g/mol. The molecule has 0 saturated carbocycles. The van der Waals surface area contributed by atoms with Crippen LogP contribution in [0.15, 0.2) is 24.3 Å². The van der Waals surface area contributed by atoms with E-state index in [2.05, 4.69) is 15.5 Å². The Morgan fingerprint density at radius 3 is 2.42 bits per heavy atom. The first-order valence-electron chi connectivity index (χ1n) is 5.88. The molecule has 1 amide bonds. The topological polar surface area (TPSA) is 87.0 Å². The predicted molar refractivity (Wildman–Crippen MR) is 76.5 cm³/mol. The molecule has 0 saturated heterocycles. The van der Waals surface area contributed by atoms with Gasteiger partial charge in [0.15, 0.2) is 5.69 Å². The lowest BCUT2D eigenvalue weighted by atomic mass is 10.2. The predicted octanol–water partition coefficient (Wildman–Crippen LogP) is 1.62. The van der Waals surface area contributed by atoms with Gasteiger partial charge >= 0.3 is 0 Å². The lowest BCUT2D eigenvalue weighted by molar-refractivity contribution is 0.102. The van der Waals surface area contributed by atoms with Crippen LogP contribution in [0.1, 0.15) is 16.2 Å². The minimum Gasteiger partial charge on any atom is -0.395 e. The van der Waals surface area contributed by atoms with Crippen molar-refractivity contribution in [1.82, 2.24) is 10.2 Å². The minimum absolute atomic E-state index is 0.217. The number of nitrogen functional groups attached to an aromatic ring is 1. The van der Waals surface area contributed by atoms with E-state index >= 15 is 0 Å². The number of aromatic nitrogens is 2. The number of amides is 1. The first-order chi connectivity index (χ1) is 8.99. The molecule has 0 spiro atoms. The fourth-order valence-electron chi connectivity index (χ4n) is 1.64. The van der Waals surface area contributed by atoms with Gasteiger partial charge in [-0.2, -0.15) is 5.10 Å². The summed E-state index contributed by atoms with van der Waals surface area (Å²) >= 11 is 0. The number of nitrogens with one attached hydrogen (secondary N) is 2. The van der Waals surface area contributed by atoms with Gasteiger partial charge in [0.2, 0.25) is 0 Å². The Morgan fingerprint density at radius 2 is 1.95 bits per heavy atom. The third-order valence-corrected chi connectivity index (χ3v) is 2.85. The number of nitrogens with two attached hydrogens (primary N) is 1. The Balaban J connectivity index is 2.13. The fraction of sp³-hybridized carbons (Fsp3) is 0.231. The number of aromatic amines is 1. The number of hydrogen-bond donors (Lipinski definition) is 3. The molecule has 1 heterocycles. The summed E-state index contributed by atoms with van der Waals surface area (Å²) in [6.07, 6.45) is 0. The second-order valence-corrected chi connectivity index (χ2v) is 4.51. The molecule has 6 nitrogen and oxygen atoms in total. The summed E-state index contributed by atoms with van der Waals surface area (Å²) in [7, 11) is 3.92. The Hall–Kier alpha value is -2.50. The van der Waals surface area contributed by atoms with E-state index in [-0.39, 0.29) is 11.6 Å². The van der Waals surface area contributed by atoms with E-state index in [1.54, 1.807) is 6.92 Å². The zero-order chi connectivity index (χ0) is 14.0. The lowest BCUT2D eigenvalue weighted by Gasteiger charge is -2.12. The number of rotatable bonds is 3. The van der Waals surface area contributed by atoms with Crippen LogP contribution in [0.5, 0.6) is 0 Å². The molecule has 0 bridgehead atoms. The zero-order valence-corrected chi connectivity index (χ0v) is 11.2. The number of carbonyl (C=O) groups excluding carboxylic acids is 1. The standard InChI is InChI=1S/C13H17N5O/c1-8-11(14)12(17-16-8)13(19)15-9-4-6-10(7-5-9)18(2)3/h4-7H,14H2,1-3H3,(H,15,19)(H,16,17). The average Bonchev–Trinajstić information content (AvgIpc) is 2.70. The highest BCUT2D eigenvalue weighted by Gasteiger charge is 2.15. The Bertz CT molecular complexity index is 586.